The monoisotopic (exact) mass is 416 g/mol. The van der Waals surface area contributed by atoms with Gasteiger partial charge in [0.25, 0.3) is 5.91 Å². The van der Waals surface area contributed by atoms with Crippen LogP contribution in [0.5, 0.6) is 5.75 Å². The Balaban J connectivity index is 1.75. The summed E-state index contributed by atoms with van der Waals surface area (Å²) in [4.78, 5) is 18.5. The van der Waals surface area contributed by atoms with Gasteiger partial charge in [-0.1, -0.05) is 17.3 Å². The van der Waals surface area contributed by atoms with Crippen molar-refractivity contribution in [3.8, 4) is 17.1 Å². The number of carbonyl (C=O) groups is 1. The Kier molecular flexibility index (Phi) is 5.83. The molecule has 0 saturated carbocycles. The van der Waals surface area contributed by atoms with E-state index in [2.05, 4.69) is 14.9 Å². The first-order valence-corrected chi connectivity index (χ1v) is 10.5. The summed E-state index contributed by atoms with van der Waals surface area (Å²) in [5.41, 5.74) is 1.17. The number of anilines is 1. The Morgan fingerprint density at radius 1 is 1.17 bits per heavy atom. The van der Waals surface area contributed by atoms with Crippen LogP contribution in [0, 0.1) is 0 Å². The molecule has 0 atom stereocenters. The Hall–Kier alpha value is -3.40. The van der Waals surface area contributed by atoms with Gasteiger partial charge in [0.05, 0.1) is 31.2 Å². The van der Waals surface area contributed by atoms with E-state index in [1.807, 2.05) is 0 Å². The molecule has 1 N–H and O–H groups in total. The number of amides is 1. The third kappa shape index (κ3) is 5.11. The van der Waals surface area contributed by atoms with E-state index in [-0.39, 0.29) is 29.6 Å². The smallest absolute Gasteiger partial charge is 0.256 e. The molecule has 0 aliphatic carbocycles. The van der Waals surface area contributed by atoms with Crippen molar-refractivity contribution < 1.29 is 22.5 Å². The van der Waals surface area contributed by atoms with E-state index in [1.54, 1.807) is 56.6 Å². The van der Waals surface area contributed by atoms with Gasteiger partial charge in [0.1, 0.15) is 5.75 Å². The number of hydrogen-bond acceptors (Lipinski definition) is 7. The van der Waals surface area contributed by atoms with E-state index in [1.165, 1.54) is 11.0 Å². The molecule has 9 nitrogen and oxygen atoms in total. The average Bonchev–Trinajstić information content (AvgIpc) is 3.15. The number of nitrogens with one attached hydrogen (secondary N) is 1. The fourth-order valence-corrected chi connectivity index (χ4v) is 3.19. The van der Waals surface area contributed by atoms with Crippen molar-refractivity contribution in [1.29, 1.82) is 0 Å². The van der Waals surface area contributed by atoms with Crippen LogP contribution in [0.3, 0.4) is 0 Å². The Bertz CT molecular complexity index is 1110. The number of hydrogen-bond donors (Lipinski definition) is 1. The van der Waals surface area contributed by atoms with Crippen molar-refractivity contribution in [2.75, 3.05) is 25.1 Å². The minimum atomic E-state index is -3.52. The summed E-state index contributed by atoms with van der Waals surface area (Å²) >= 11 is 0. The first-order valence-electron chi connectivity index (χ1n) is 8.56. The molecule has 10 heteroatoms. The van der Waals surface area contributed by atoms with Crippen molar-refractivity contribution in [1.82, 2.24) is 15.0 Å². The lowest BCUT2D eigenvalue weighted by Gasteiger charge is -2.17. The first-order chi connectivity index (χ1) is 13.8. The van der Waals surface area contributed by atoms with Crippen LogP contribution in [-0.2, 0) is 16.6 Å². The zero-order valence-corrected chi connectivity index (χ0v) is 16.9. The molecule has 0 saturated heterocycles. The maximum Gasteiger partial charge on any atom is 0.256 e. The number of aromatic nitrogens is 2. The molecule has 0 unspecified atom stereocenters. The van der Waals surface area contributed by atoms with Crippen LogP contribution in [0.25, 0.3) is 11.4 Å². The van der Waals surface area contributed by atoms with Crippen molar-refractivity contribution in [2.24, 2.45) is 0 Å². The highest BCUT2D eigenvalue weighted by atomic mass is 32.2. The molecule has 29 heavy (non-hydrogen) atoms. The van der Waals surface area contributed by atoms with E-state index < -0.39 is 10.0 Å². The van der Waals surface area contributed by atoms with E-state index in [9.17, 15) is 13.2 Å². The van der Waals surface area contributed by atoms with E-state index in [0.29, 0.717) is 11.6 Å². The maximum atomic E-state index is 12.8. The zero-order chi connectivity index (χ0) is 21.0. The molecule has 0 aliphatic rings. The Labute approximate surface area is 168 Å². The highest BCUT2D eigenvalue weighted by molar-refractivity contribution is 7.92. The van der Waals surface area contributed by atoms with Gasteiger partial charge < -0.3 is 14.2 Å². The normalized spacial score (nSPS) is 11.1. The van der Waals surface area contributed by atoms with Crippen LogP contribution in [0.4, 0.5) is 5.69 Å². The second kappa shape index (κ2) is 8.31. The summed E-state index contributed by atoms with van der Waals surface area (Å²) in [6.45, 7) is 0.0647. The quantitative estimate of drug-likeness (QED) is 0.629. The van der Waals surface area contributed by atoms with Crippen LogP contribution < -0.4 is 9.46 Å². The third-order valence-electron chi connectivity index (χ3n) is 3.99. The average molecular weight is 416 g/mol. The first kappa shape index (κ1) is 20.3. The van der Waals surface area contributed by atoms with Gasteiger partial charge >= 0.3 is 0 Å². The molecule has 0 bridgehead atoms. The van der Waals surface area contributed by atoms with Gasteiger partial charge in [0, 0.05) is 12.6 Å². The van der Waals surface area contributed by atoms with E-state index in [4.69, 9.17) is 9.26 Å². The minimum absolute atomic E-state index is 0.0647. The largest absolute Gasteiger partial charge is 0.497 e. The predicted octanol–water partition coefficient (Wildman–Crippen LogP) is 2.39. The summed E-state index contributed by atoms with van der Waals surface area (Å²) in [6, 6.07) is 13.5. The van der Waals surface area contributed by atoms with Gasteiger partial charge in [-0.05, 0) is 36.4 Å². The number of ether oxygens (including phenoxy) is 1. The van der Waals surface area contributed by atoms with Gasteiger partial charge in [0.15, 0.2) is 0 Å². The van der Waals surface area contributed by atoms with Crippen LogP contribution >= 0.6 is 0 Å². The summed E-state index contributed by atoms with van der Waals surface area (Å²) in [5, 5.41) is 3.94. The number of carbonyl (C=O) groups excluding carboxylic acids is 1. The lowest BCUT2D eigenvalue weighted by atomic mass is 10.1. The third-order valence-corrected chi connectivity index (χ3v) is 4.58. The summed E-state index contributed by atoms with van der Waals surface area (Å²) in [5.74, 6) is 0.966. The molecule has 2 aromatic carbocycles. The van der Waals surface area contributed by atoms with Crippen LogP contribution in [0.2, 0.25) is 0 Å². The molecule has 152 valence electrons. The standard InChI is InChI=1S/C19H20N4O5S/c1-23(19(24)15-6-4-5-7-16(15)22-29(3,25)26)12-17-20-18(21-28-17)13-8-10-14(27-2)11-9-13/h4-11,22H,12H2,1-3H3. The Morgan fingerprint density at radius 2 is 1.86 bits per heavy atom. The second-order valence-corrected chi connectivity index (χ2v) is 8.07. The highest BCUT2D eigenvalue weighted by Gasteiger charge is 2.20. The lowest BCUT2D eigenvalue weighted by Crippen LogP contribution is -2.27. The number of nitrogens with zero attached hydrogens (tertiary/aromatic N) is 3. The summed E-state index contributed by atoms with van der Waals surface area (Å²) < 4.78 is 35.8. The minimum Gasteiger partial charge on any atom is -0.497 e. The van der Waals surface area contributed by atoms with Gasteiger partial charge in [-0.2, -0.15) is 4.98 Å². The number of sulfonamides is 1. The lowest BCUT2D eigenvalue weighted by molar-refractivity contribution is 0.0770. The van der Waals surface area contributed by atoms with Gasteiger partial charge in [0.2, 0.25) is 21.7 Å². The molecule has 0 radical (unpaired) electrons. The summed E-state index contributed by atoms with van der Waals surface area (Å²) in [6.07, 6.45) is 1.02. The van der Waals surface area contributed by atoms with Crippen LogP contribution in [-0.4, -0.2) is 49.8 Å². The van der Waals surface area contributed by atoms with E-state index >= 15 is 0 Å². The predicted molar refractivity (Wildman–Crippen MR) is 107 cm³/mol. The number of methoxy groups -OCH3 is 1. The maximum absolute atomic E-state index is 12.8. The number of rotatable bonds is 7. The fraction of sp³-hybridized carbons (Fsp3) is 0.211. The zero-order valence-electron chi connectivity index (χ0n) is 16.1. The van der Waals surface area contributed by atoms with E-state index in [0.717, 1.165) is 11.8 Å². The van der Waals surface area contributed by atoms with Gasteiger partial charge in [-0.15, -0.1) is 0 Å². The van der Waals surface area contributed by atoms with Crippen molar-refractivity contribution in [2.45, 2.75) is 6.54 Å². The van der Waals surface area contributed by atoms with Crippen molar-refractivity contribution in [3.63, 3.8) is 0 Å². The van der Waals surface area contributed by atoms with Crippen molar-refractivity contribution >= 4 is 21.6 Å². The van der Waals surface area contributed by atoms with Crippen LogP contribution in [0.15, 0.2) is 53.1 Å². The molecule has 3 aromatic rings. The molecule has 3 rings (SSSR count). The van der Waals surface area contributed by atoms with Crippen molar-refractivity contribution in [3.05, 3.63) is 60.0 Å². The molecule has 0 aliphatic heterocycles. The molecule has 1 heterocycles. The molecule has 1 aromatic heterocycles. The van der Waals surface area contributed by atoms with Gasteiger partial charge in [-0.25, -0.2) is 8.42 Å². The molecule has 0 fully saturated rings. The molecule has 1 amide bonds. The number of benzene rings is 2. The molecular weight excluding hydrogens is 396 g/mol. The van der Waals surface area contributed by atoms with Gasteiger partial charge in [-0.3, -0.25) is 9.52 Å². The molecular formula is C19H20N4O5S. The molecule has 0 spiro atoms. The second-order valence-electron chi connectivity index (χ2n) is 6.32. The SMILES string of the molecule is COc1ccc(-c2noc(CN(C)C(=O)c3ccccc3NS(C)(=O)=O)n2)cc1. The topological polar surface area (TPSA) is 115 Å². The Morgan fingerprint density at radius 3 is 2.52 bits per heavy atom. The number of para-hydroxylation sites is 1. The highest BCUT2D eigenvalue weighted by Crippen LogP contribution is 2.21. The van der Waals surface area contributed by atoms with Crippen LogP contribution in [0.1, 0.15) is 16.2 Å². The fourth-order valence-electron chi connectivity index (χ4n) is 2.62. The summed E-state index contributed by atoms with van der Waals surface area (Å²) in [7, 11) is -0.373.